The fraction of sp³-hybridized carbons (Fsp3) is 1.00. The summed E-state index contributed by atoms with van der Waals surface area (Å²) in [5.74, 6) is 0.387. The standard InChI is InChI=1S/C15H26O3/c1-12(2)10-5-6-14(4,18-12)15(17)8-7-13(3,16)11(15)9-10/h10-11,16-17H,5-9H2,1-4H3. The number of ether oxygens (including phenoxy) is 1. The maximum Gasteiger partial charge on any atom is 0.0990 e. The van der Waals surface area contributed by atoms with Gasteiger partial charge in [0.15, 0.2) is 0 Å². The summed E-state index contributed by atoms with van der Waals surface area (Å²) in [6.07, 6.45) is 4.22. The summed E-state index contributed by atoms with van der Waals surface area (Å²) < 4.78 is 6.33. The minimum atomic E-state index is -0.862. The van der Waals surface area contributed by atoms with Crippen LogP contribution in [-0.2, 0) is 4.74 Å². The molecule has 0 aromatic heterocycles. The van der Waals surface area contributed by atoms with Gasteiger partial charge in [0.05, 0.1) is 22.4 Å². The molecule has 2 heterocycles. The first-order valence-corrected chi connectivity index (χ1v) is 7.26. The molecule has 2 saturated heterocycles. The van der Waals surface area contributed by atoms with Crippen molar-refractivity contribution >= 4 is 0 Å². The summed E-state index contributed by atoms with van der Waals surface area (Å²) in [6, 6.07) is 0. The zero-order valence-corrected chi connectivity index (χ0v) is 12.0. The Labute approximate surface area is 110 Å². The van der Waals surface area contributed by atoms with Crippen LogP contribution < -0.4 is 0 Å². The molecule has 4 fully saturated rings. The van der Waals surface area contributed by atoms with E-state index in [9.17, 15) is 10.2 Å². The van der Waals surface area contributed by atoms with E-state index in [2.05, 4.69) is 13.8 Å². The molecule has 0 amide bonds. The predicted octanol–water partition coefficient (Wildman–Crippen LogP) is 2.25. The summed E-state index contributed by atoms with van der Waals surface area (Å²) in [6.45, 7) is 8.20. The molecule has 5 unspecified atom stereocenters. The molecule has 2 N–H and O–H groups in total. The maximum absolute atomic E-state index is 11.2. The smallest absolute Gasteiger partial charge is 0.0990 e. The van der Waals surface area contributed by atoms with Crippen molar-refractivity contribution in [3.8, 4) is 0 Å². The normalized spacial score (nSPS) is 58.3. The highest BCUT2D eigenvalue weighted by Gasteiger charge is 2.67. The molecule has 0 aromatic rings. The van der Waals surface area contributed by atoms with E-state index in [4.69, 9.17) is 4.74 Å². The third-order valence-electron chi connectivity index (χ3n) is 6.22. The maximum atomic E-state index is 11.2. The molecule has 2 bridgehead atoms. The molecule has 2 saturated carbocycles. The zero-order valence-electron chi connectivity index (χ0n) is 12.0. The van der Waals surface area contributed by atoms with Crippen molar-refractivity contribution in [2.24, 2.45) is 11.8 Å². The Morgan fingerprint density at radius 3 is 2.28 bits per heavy atom. The van der Waals surface area contributed by atoms with E-state index in [-0.39, 0.29) is 11.5 Å². The molecule has 0 spiro atoms. The highest BCUT2D eigenvalue weighted by molar-refractivity contribution is 5.18. The van der Waals surface area contributed by atoms with Gasteiger partial charge in [0.25, 0.3) is 0 Å². The molecule has 5 atom stereocenters. The quantitative estimate of drug-likeness (QED) is 0.697. The Balaban J connectivity index is 2.10. The summed E-state index contributed by atoms with van der Waals surface area (Å²) in [5.41, 5.74) is -2.31. The molecule has 0 radical (unpaired) electrons. The van der Waals surface area contributed by atoms with Crippen LogP contribution in [0.1, 0.15) is 59.8 Å². The predicted molar refractivity (Wildman–Crippen MR) is 69.2 cm³/mol. The summed E-state index contributed by atoms with van der Waals surface area (Å²) in [4.78, 5) is 0. The van der Waals surface area contributed by atoms with Crippen molar-refractivity contribution in [2.45, 2.75) is 82.2 Å². The highest BCUT2D eigenvalue weighted by atomic mass is 16.5. The van der Waals surface area contributed by atoms with Crippen molar-refractivity contribution in [2.75, 3.05) is 0 Å². The Morgan fingerprint density at radius 2 is 1.67 bits per heavy atom. The van der Waals surface area contributed by atoms with Crippen molar-refractivity contribution in [1.29, 1.82) is 0 Å². The molecule has 104 valence electrons. The first kappa shape index (κ1) is 12.9. The highest BCUT2D eigenvalue weighted by Crippen LogP contribution is 2.61. The topological polar surface area (TPSA) is 49.7 Å². The van der Waals surface area contributed by atoms with E-state index >= 15 is 0 Å². The van der Waals surface area contributed by atoms with Crippen LogP contribution in [0.3, 0.4) is 0 Å². The lowest BCUT2D eigenvalue weighted by atomic mass is 9.73. The van der Waals surface area contributed by atoms with Crippen LogP contribution in [-0.4, -0.2) is 32.6 Å². The van der Waals surface area contributed by atoms with Crippen LogP contribution in [0.5, 0.6) is 0 Å². The van der Waals surface area contributed by atoms with Gasteiger partial charge in [0, 0.05) is 5.92 Å². The van der Waals surface area contributed by atoms with Gasteiger partial charge >= 0.3 is 0 Å². The Kier molecular flexibility index (Phi) is 2.37. The van der Waals surface area contributed by atoms with Gasteiger partial charge in [0.1, 0.15) is 0 Å². The lowest BCUT2D eigenvalue weighted by molar-refractivity contribution is -0.252. The van der Waals surface area contributed by atoms with Crippen LogP contribution in [0.2, 0.25) is 0 Å². The second-order valence-corrected chi connectivity index (χ2v) is 7.74. The van der Waals surface area contributed by atoms with Gasteiger partial charge in [-0.15, -0.1) is 0 Å². The Morgan fingerprint density at radius 1 is 1.00 bits per heavy atom. The van der Waals surface area contributed by atoms with Crippen LogP contribution >= 0.6 is 0 Å². The average Bonchev–Trinajstić information content (AvgIpc) is 2.36. The van der Waals surface area contributed by atoms with Crippen molar-refractivity contribution in [3.05, 3.63) is 0 Å². The van der Waals surface area contributed by atoms with Crippen LogP contribution in [0.15, 0.2) is 0 Å². The third-order valence-corrected chi connectivity index (χ3v) is 6.22. The SMILES string of the molecule is CC1(O)CCC2(O)C1CC1CCC2(C)OC1(C)C. The van der Waals surface area contributed by atoms with Crippen LogP contribution in [0, 0.1) is 11.8 Å². The van der Waals surface area contributed by atoms with Gasteiger partial charge in [0.2, 0.25) is 0 Å². The molecule has 2 aliphatic carbocycles. The monoisotopic (exact) mass is 254 g/mol. The van der Waals surface area contributed by atoms with Crippen molar-refractivity contribution in [3.63, 3.8) is 0 Å². The van der Waals surface area contributed by atoms with Crippen LogP contribution in [0.4, 0.5) is 0 Å². The first-order valence-electron chi connectivity index (χ1n) is 7.26. The zero-order chi connectivity index (χ0) is 13.4. The molecule has 4 aliphatic rings. The minimum Gasteiger partial charge on any atom is -0.390 e. The second kappa shape index (κ2) is 3.31. The van der Waals surface area contributed by atoms with Gasteiger partial charge in [-0.05, 0) is 65.7 Å². The number of fused-ring (bicyclic) bond motifs is 2. The fourth-order valence-electron chi connectivity index (χ4n) is 4.89. The van der Waals surface area contributed by atoms with Crippen molar-refractivity contribution < 1.29 is 14.9 Å². The fourth-order valence-corrected chi connectivity index (χ4v) is 4.89. The molecule has 3 nitrogen and oxygen atoms in total. The summed E-state index contributed by atoms with van der Waals surface area (Å²) >= 11 is 0. The number of rotatable bonds is 0. The largest absolute Gasteiger partial charge is 0.390 e. The summed E-state index contributed by atoms with van der Waals surface area (Å²) in [5, 5.41) is 21.8. The Bertz CT molecular complexity index is 376. The number of aliphatic hydroxyl groups is 2. The second-order valence-electron chi connectivity index (χ2n) is 7.74. The molecular weight excluding hydrogens is 228 g/mol. The van der Waals surface area contributed by atoms with Crippen molar-refractivity contribution in [1.82, 2.24) is 0 Å². The third kappa shape index (κ3) is 1.41. The Hall–Kier alpha value is -0.120. The lowest BCUT2D eigenvalue weighted by Gasteiger charge is -2.50. The summed E-state index contributed by atoms with van der Waals surface area (Å²) in [7, 11) is 0. The van der Waals surface area contributed by atoms with Crippen LogP contribution in [0.25, 0.3) is 0 Å². The van der Waals surface area contributed by atoms with E-state index < -0.39 is 16.8 Å². The molecule has 4 rings (SSSR count). The lowest BCUT2D eigenvalue weighted by Crippen LogP contribution is -2.60. The van der Waals surface area contributed by atoms with E-state index in [0.717, 1.165) is 19.3 Å². The van der Waals surface area contributed by atoms with E-state index in [0.29, 0.717) is 18.8 Å². The number of hydrogen-bond donors (Lipinski definition) is 2. The van der Waals surface area contributed by atoms with E-state index in [1.807, 2.05) is 13.8 Å². The van der Waals surface area contributed by atoms with Gasteiger partial charge in [-0.2, -0.15) is 0 Å². The van der Waals surface area contributed by atoms with Gasteiger partial charge in [-0.25, -0.2) is 0 Å². The molecule has 0 aromatic carbocycles. The van der Waals surface area contributed by atoms with Gasteiger partial charge in [-0.3, -0.25) is 0 Å². The average molecular weight is 254 g/mol. The molecular formula is C15H26O3. The molecule has 3 heteroatoms. The van der Waals surface area contributed by atoms with Gasteiger partial charge < -0.3 is 14.9 Å². The minimum absolute atomic E-state index is 0.0516. The molecule has 2 aliphatic heterocycles. The van der Waals surface area contributed by atoms with Gasteiger partial charge in [-0.1, -0.05) is 0 Å². The molecule has 18 heavy (non-hydrogen) atoms. The van der Waals surface area contributed by atoms with E-state index in [1.165, 1.54) is 0 Å². The van der Waals surface area contributed by atoms with E-state index in [1.54, 1.807) is 0 Å². The number of hydrogen-bond acceptors (Lipinski definition) is 3. The first-order chi connectivity index (χ1) is 8.11.